The van der Waals surface area contributed by atoms with Crippen molar-refractivity contribution < 1.29 is 14.4 Å². The summed E-state index contributed by atoms with van der Waals surface area (Å²) in [7, 11) is 0. The van der Waals surface area contributed by atoms with Crippen molar-refractivity contribution >= 4 is 28.8 Å². The van der Waals surface area contributed by atoms with Gasteiger partial charge in [0.15, 0.2) is 5.78 Å². The quantitative estimate of drug-likeness (QED) is 0.397. The van der Waals surface area contributed by atoms with Gasteiger partial charge in [-0.15, -0.1) is 11.3 Å². The second kappa shape index (κ2) is 8.54. The summed E-state index contributed by atoms with van der Waals surface area (Å²) in [5.41, 5.74) is 0.575. The Morgan fingerprint density at radius 1 is 1.19 bits per heavy atom. The zero-order valence-corrected chi connectivity index (χ0v) is 16.3. The van der Waals surface area contributed by atoms with Gasteiger partial charge in [-0.1, -0.05) is 26.0 Å². The summed E-state index contributed by atoms with van der Waals surface area (Å²) in [6.07, 6.45) is 1.62. The highest BCUT2D eigenvalue weighted by Crippen LogP contribution is 2.37. The Hall–Kier alpha value is -2.38. The lowest BCUT2D eigenvalue weighted by Crippen LogP contribution is -2.38. The van der Waals surface area contributed by atoms with Crippen molar-refractivity contribution in [2.24, 2.45) is 5.92 Å². The lowest BCUT2D eigenvalue weighted by atomic mass is 9.91. The van der Waals surface area contributed by atoms with E-state index in [0.29, 0.717) is 23.7 Å². The number of carbonyl (C=O) groups excluding carboxylic acids is 3. The first-order chi connectivity index (χ1) is 13.1. The van der Waals surface area contributed by atoms with E-state index in [1.54, 1.807) is 35.8 Å². The molecule has 0 bridgehead atoms. The molecule has 27 heavy (non-hydrogen) atoms. The van der Waals surface area contributed by atoms with Crippen molar-refractivity contribution in [2.75, 3.05) is 26.2 Å². The van der Waals surface area contributed by atoms with Gasteiger partial charge in [-0.25, -0.2) is 0 Å². The third kappa shape index (κ3) is 3.84. The Labute approximate surface area is 162 Å². The number of carbonyl (C=O) groups is 3. The normalized spacial score (nSPS) is 19.9. The molecule has 2 atom stereocenters. The van der Waals surface area contributed by atoms with Crippen LogP contribution in [0.2, 0.25) is 0 Å². The molecule has 0 spiro atoms. The average Bonchev–Trinajstić information content (AvgIpc) is 3.31. The molecule has 1 saturated heterocycles. The van der Waals surface area contributed by atoms with Crippen LogP contribution in [-0.2, 0) is 9.59 Å². The van der Waals surface area contributed by atoms with Crippen LogP contribution >= 0.6 is 11.3 Å². The summed E-state index contributed by atoms with van der Waals surface area (Å²) in [6, 6.07) is 8.17. The van der Waals surface area contributed by atoms with Crippen molar-refractivity contribution in [3.63, 3.8) is 0 Å². The molecule has 0 aliphatic carbocycles. The molecule has 0 aromatic carbocycles. The van der Waals surface area contributed by atoms with Crippen LogP contribution < -0.4 is 0 Å². The minimum absolute atomic E-state index is 0.302. The Kier molecular flexibility index (Phi) is 6.13. The van der Waals surface area contributed by atoms with Crippen molar-refractivity contribution in [3.05, 3.63) is 52.5 Å². The minimum atomic E-state index is -1.04. The number of hydrogen-bond donors (Lipinski definition) is 0. The van der Waals surface area contributed by atoms with E-state index in [4.69, 9.17) is 0 Å². The molecule has 2 aromatic heterocycles. The van der Waals surface area contributed by atoms with Crippen LogP contribution in [0.25, 0.3) is 0 Å². The van der Waals surface area contributed by atoms with Crippen LogP contribution in [0.4, 0.5) is 0 Å². The number of ketones is 2. The summed E-state index contributed by atoms with van der Waals surface area (Å²) < 4.78 is 0. The third-order valence-electron chi connectivity index (χ3n) is 4.99. The summed E-state index contributed by atoms with van der Waals surface area (Å²) in [4.78, 5) is 47.1. The number of pyridine rings is 1. The van der Waals surface area contributed by atoms with E-state index in [0.717, 1.165) is 13.1 Å². The molecule has 2 unspecified atom stereocenters. The number of rotatable bonds is 8. The molecular formula is C20H23N3O3S. The number of Topliss-reactive ketones (excluding diaryl/α,β-unsaturated/α-hetero) is 2. The maximum Gasteiger partial charge on any atom is 0.291 e. The molecule has 0 N–H and O–H groups in total. The van der Waals surface area contributed by atoms with E-state index in [1.807, 2.05) is 6.07 Å². The van der Waals surface area contributed by atoms with Crippen molar-refractivity contribution in [3.8, 4) is 0 Å². The summed E-state index contributed by atoms with van der Waals surface area (Å²) in [6.45, 7) is 6.87. The van der Waals surface area contributed by atoms with Gasteiger partial charge in [0.1, 0.15) is 5.92 Å². The second-order valence-corrected chi connectivity index (χ2v) is 7.36. The first-order valence-corrected chi connectivity index (χ1v) is 10.0. The smallest absolute Gasteiger partial charge is 0.291 e. The Morgan fingerprint density at radius 3 is 2.56 bits per heavy atom. The van der Waals surface area contributed by atoms with Gasteiger partial charge in [0.2, 0.25) is 5.78 Å². The largest absolute Gasteiger partial charge is 0.325 e. The molecule has 1 fully saturated rings. The molecular weight excluding hydrogens is 362 g/mol. The topological polar surface area (TPSA) is 70.6 Å². The van der Waals surface area contributed by atoms with Crippen LogP contribution in [0.15, 0.2) is 41.9 Å². The number of nitrogens with zero attached hydrogens (tertiary/aromatic N) is 3. The SMILES string of the molecule is CCN(CC)CCN1C(=O)C(=O)C(C(=O)c2cccs2)C1c1ccccn1. The first kappa shape index (κ1) is 19.4. The predicted octanol–water partition coefficient (Wildman–Crippen LogP) is 2.44. The Bertz CT molecular complexity index is 803. The van der Waals surface area contributed by atoms with Gasteiger partial charge in [0.05, 0.1) is 16.6 Å². The van der Waals surface area contributed by atoms with Crippen molar-refractivity contribution in [1.29, 1.82) is 0 Å². The number of likely N-dealkylation sites (N-methyl/N-ethyl adjacent to an activating group) is 1. The summed E-state index contributed by atoms with van der Waals surface area (Å²) >= 11 is 1.28. The molecule has 6 nitrogen and oxygen atoms in total. The Balaban J connectivity index is 1.95. The highest BCUT2D eigenvalue weighted by molar-refractivity contribution is 7.12. The number of hydrogen-bond acceptors (Lipinski definition) is 6. The van der Waals surface area contributed by atoms with E-state index >= 15 is 0 Å². The number of amides is 1. The molecule has 1 aliphatic heterocycles. The predicted molar refractivity (Wildman–Crippen MR) is 104 cm³/mol. The highest BCUT2D eigenvalue weighted by Gasteiger charge is 2.52. The second-order valence-electron chi connectivity index (χ2n) is 6.41. The fourth-order valence-corrected chi connectivity index (χ4v) is 4.17. The third-order valence-corrected chi connectivity index (χ3v) is 5.88. The highest BCUT2D eigenvalue weighted by atomic mass is 32.1. The van der Waals surface area contributed by atoms with E-state index in [1.165, 1.54) is 16.2 Å². The summed E-state index contributed by atoms with van der Waals surface area (Å²) in [5, 5.41) is 1.79. The van der Waals surface area contributed by atoms with Gasteiger partial charge < -0.3 is 9.80 Å². The maximum atomic E-state index is 13.0. The number of likely N-dealkylation sites (tertiary alicyclic amines) is 1. The van der Waals surface area contributed by atoms with Gasteiger partial charge in [-0.05, 0) is 36.7 Å². The average molecular weight is 385 g/mol. The van der Waals surface area contributed by atoms with E-state index < -0.39 is 23.7 Å². The van der Waals surface area contributed by atoms with Crippen LogP contribution in [0, 0.1) is 5.92 Å². The van der Waals surface area contributed by atoms with Gasteiger partial charge >= 0.3 is 0 Å². The van der Waals surface area contributed by atoms with Gasteiger partial charge in [-0.2, -0.15) is 0 Å². The fraction of sp³-hybridized carbons (Fsp3) is 0.400. The molecule has 1 aliphatic rings. The zero-order valence-electron chi connectivity index (χ0n) is 15.5. The van der Waals surface area contributed by atoms with E-state index in [-0.39, 0.29) is 5.78 Å². The standard InChI is InChI=1S/C20H23N3O3S/c1-3-22(4-2)11-12-23-17(14-8-5-6-10-21-14)16(19(25)20(23)26)18(24)15-9-7-13-27-15/h5-10,13,16-17H,3-4,11-12H2,1-2H3. The molecule has 0 radical (unpaired) electrons. The molecule has 0 saturated carbocycles. The molecule has 7 heteroatoms. The monoisotopic (exact) mass is 385 g/mol. The zero-order chi connectivity index (χ0) is 19.4. The number of thiophene rings is 1. The van der Waals surface area contributed by atoms with Gasteiger partial charge in [-0.3, -0.25) is 19.4 Å². The molecule has 3 heterocycles. The lowest BCUT2D eigenvalue weighted by Gasteiger charge is -2.28. The van der Waals surface area contributed by atoms with Crippen molar-refractivity contribution in [2.45, 2.75) is 19.9 Å². The minimum Gasteiger partial charge on any atom is -0.325 e. The maximum absolute atomic E-state index is 13.0. The van der Waals surface area contributed by atoms with Crippen LogP contribution in [0.3, 0.4) is 0 Å². The van der Waals surface area contributed by atoms with E-state index in [9.17, 15) is 14.4 Å². The molecule has 142 valence electrons. The van der Waals surface area contributed by atoms with Crippen LogP contribution in [0.5, 0.6) is 0 Å². The summed E-state index contributed by atoms with van der Waals surface area (Å²) in [5.74, 6) is -2.57. The van der Waals surface area contributed by atoms with Gasteiger partial charge in [0, 0.05) is 19.3 Å². The van der Waals surface area contributed by atoms with Crippen LogP contribution in [0.1, 0.15) is 35.3 Å². The molecule has 3 rings (SSSR count). The van der Waals surface area contributed by atoms with Crippen LogP contribution in [-0.4, -0.2) is 58.4 Å². The first-order valence-electron chi connectivity index (χ1n) is 9.14. The van der Waals surface area contributed by atoms with Gasteiger partial charge in [0.25, 0.3) is 5.91 Å². The molecule has 1 amide bonds. The fourth-order valence-electron chi connectivity index (χ4n) is 3.47. The number of aromatic nitrogens is 1. The lowest BCUT2D eigenvalue weighted by molar-refractivity contribution is -0.140. The van der Waals surface area contributed by atoms with Crippen molar-refractivity contribution in [1.82, 2.24) is 14.8 Å². The van der Waals surface area contributed by atoms with E-state index in [2.05, 4.69) is 23.7 Å². The molecule has 2 aromatic rings. The Morgan fingerprint density at radius 2 is 1.96 bits per heavy atom.